The molecule has 0 aliphatic heterocycles. The van der Waals surface area contributed by atoms with Crippen LogP contribution in [0.25, 0.3) is 22.2 Å². The zero-order chi connectivity index (χ0) is 20.4. The lowest BCUT2D eigenvalue weighted by molar-refractivity contribution is 0.0787. The van der Waals surface area contributed by atoms with Gasteiger partial charge in [-0.25, -0.2) is 4.98 Å². The van der Waals surface area contributed by atoms with Crippen molar-refractivity contribution in [2.24, 2.45) is 0 Å². The third kappa shape index (κ3) is 3.87. The second-order valence-corrected chi connectivity index (χ2v) is 7.18. The fraction of sp³-hybridized carbons (Fsp3) is 0.217. The Bertz CT molecular complexity index is 1170. The molecule has 4 aromatic rings. The van der Waals surface area contributed by atoms with Gasteiger partial charge in [-0.05, 0) is 43.7 Å². The maximum atomic E-state index is 13.4. The number of pyridine rings is 2. The van der Waals surface area contributed by atoms with E-state index in [1.165, 1.54) is 0 Å². The molecule has 146 valence electrons. The number of carbonyl (C=O) groups is 1. The van der Waals surface area contributed by atoms with Crippen molar-refractivity contribution in [3.05, 3.63) is 77.9 Å². The normalized spacial score (nSPS) is 11.0. The first kappa shape index (κ1) is 18.8. The fourth-order valence-electron chi connectivity index (χ4n) is 3.38. The summed E-state index contributed by atoms with van der Waals surface area (Å²) in [6.07, 6.45) is 7.26. The SMILES string of the molecule is CCn1cc(-c2cc(C(=O)N(C)Cc3cccnc3)c3cc(C)ccc3n2)cn1. The second kappa shape index (κ2) is 7.83. The number of benzene rings is 1. The van der Waals surface area contributed by atoms with E-state index in [4.69, 9.17) is 4.98 Å². The van der Waals surface area contributed by atoms with E-state index >= 15 is 0 Å². The van der Waals surface area contributed by atoms with E-state index in [0.29, 0.717) is 12.1 Å². The van der Waals surface area contributed by atoms with Crippen LogP contribution < -0.4 is 0 Å². The molecule has 0 unspecified atom stereocenters. The van der Waals surface area contributed by atoms with Crippen LogP contribution in [-0.2, 0) is 13.1 Å². The summed E-state index contributed by atoms with van der Waals surface area (Å²) in [7, 11) is 1.81. The molecule has 0 atom stereocenters. The number of nitrogens with zero attached hydrogens (tertiary/aromatic N) is 5. The number of hydrogen-bond donors (Lipinski definition) is 0. The molecule has 0 saturated carbocycles. The molecule has 1 amide bonds. The lowest BCUT2D eigenvalue weighted by Gasteiger charge is -2.19. The highest BCUT2D eigenvalue weighted by atomic mass is 16.2. The van der Waals surface area contributed by atoms with Gasteiger partial charge in [0.05, 0.1) is 23.0 Å². The molecule has 3 aromatic heterocycles. The molecule has 0 fully saturated rings. The minimum absolute atomic E-state index is 0.0454. The Morgan fingerprint density at radius 1 is 1.17 bits per heavy atom. The van der Waals surface area contributed by atoms with E-state index in [2.05, 4.69) is 10.1 Å². The van der Waals surface area contributed by atoms with Crippen molar-refractivity contribution in [2.75, 3.05) is 7.05 Å². The van der Waals surface area contributed by atoms with Gasteiger partial charge in [0.15, 0.2) is 0 Å². The van der Waals surface area contributed by atoms with Crippen LogP contribution in [-0.4, -0.2) is 37.6 Å². The molecule has 29 heavy (non-hydrogen) atoms. The Morgan fingerprint density at radius 3 is 2.76 bits per heavy atom. The molecule has 0 aliphatic carbocycles. The topological polar surface area (TPSA) is 63.9 Å². The van der Waals surface area contributed by atoms with E-state index in [9.17, 15) is 4.79 Å². The van der Waals surface area contributed by atoms with E-state index in [1.807, 2.05) is 68.2 Å². The highest BCUT2D eigenvalue weighted by molar-refractivity contribution is 6.07. The van der Waals surface area contributed by atoms with E-state index < -0.39 is 0 Å². The summed E-state index contributed by atoms with van der Waals surface area (Å²) in [4.78, 5) is 24.0. The summed E-state index contributed by atoms with van der Waals surface area (Å²) in [5.74, 6) is -0.0454. The van der Waals surface area contributed by atoms with Crippen LogP contribution in [0.4, 0.5) is 0 Å². The largest absolute Gasteiger partial charge is 0.337 e. The zero-order valence-corrected chi connectivity index (χ0v) is 16.8. The van der Waals surface area contributed by atoms with Crippen molar-refractivity contribution >= 4 is 16.8 Å². The minimum atomic E-state index is -0.0454. The molecule has 0 spiro atoms. The van der Waals surface area contributed by atoms with Gasteiger partial charge in [-0.15, -0.1) is 0 Å². The third-order valence-electron chi connectivity index (χ3n) is 4.94. The van der Waals surface area contributed by atoms with Gasteiger partial charge in [-0.1, -0.05) is 17.7 Å². The standard InChI is InChI=1S/C23H23N5O/c1-4-28-15-18(13-25-28)22-11-20(19-10-16(2)7-8-21(19)26-22)23(29)27(3)14-17-6-5-9-24-12-17/h5-13,15H,4,14H2,1-3H3. The van der Waals surface area contributed by atoms with Gasteiger partial charge in [-0.2, -0.15) is 5.10 Å². The molecular formula is C23H23N5O. The zero-order valence-electron chi connectivity index (χ0n) is 16.8. The summed E-state index contributed by atoms with van der Waals surface area (Å²) in [5.41, 5.74) is 5.18. The average molecular weight is 385 g/mol. The van der Waals surface area contributed by atoms with E-state index in [0.717, 1.165) is 39.8 Å². The number of aryl methyl sites for hydroxylation is 2. The number of amides is 1. The Kier molecular flexibility index (Phi) is 5.08. The molecule has 0 saturated heterocycles. The maximum Gasteiger partial charge on any atom is 0.254 e. The van der Waals surface area contributed by atoms with Gasteiger partial charge in [0.2, 0.25) is 0 Å². The quantitative estimate of drug-likeness (QED) is 0.519. The van der Waals surface area contributed by atoms with E-state index in [-0.39, 0.29) is 5.91 Å². The first-order valence-electron chi connectivity index (χ1n) is 9.63. The van der Waals surface area contributed by atoms with Crippen molar-refractivity contribution in [1.82, 2.24) is 24.6 Å². The van der Waals surface area contributed by atoms with Crippen molar-refractivity contribution in [1.29, 1.82) is 0 Å². The Hall–Kier alpha value is -3.54. The molecule has 6 nitrogen and oxygen atoms in total. The predicted molar refractivity (Wildman–Crippen MR) is 113 cm³/mol. The van der Waals surface area contributed by atoms with Gasteiger partial charge in [0.1, 0.15) is 0 Å². The molecule has 0 aliphatic rings. The van der Waals surface area contributed by atoms with E-state index in [1.54, 1.807) is 23.5 Å². The summed E-state index contributed by atoms with van der Waals surface area (Å²) in [6.45, 7) is 5.33. The molecule has 4 rings (SSSR count). The highest BCUT2D eigenvalue weighted by Crippen LogP contribution is 2.26. The number of hydrogen-bond acceptors (Lipinski definition) is 4. The molecule has 1 aromatic carbocycles. The Balaban J connectivity index is 1.78. The molecule has 0 radical (unpaired) electrons. The molecule has 3 heterocycles. The lowest BCUT2D eigenvalue weighted by atomic mass is 10.0. The van der Waals surface area contributed by atoms with Crippen LogP contribution in [0, 0.1) is 6.92 Å². The number of rotatable bonds is 5. The smallest absolute Gasteiger partial charge is 0.254 e. The van der Waals surface area contributed by atoms with Crippen LogP contribution in [0.3, 0.4) is 0 Å². The third-order valence-corrected chi connectivity index (χ3v) is 4.94. The maximum absolute atomic E-state index is 13.4. The Morgan fingerprint density at radius 2 is 2.03 bits per heavy atom. The van der Waals surface area contributed by atoms with Crippen molar-refractivity contribution in [3.8, 4) is 11.3 Å². The van der Waals surface area contributed by atoms with Crippen molar-refractivity contribution in [3.63, 3.8) is 0 Å². The van der Waals surface area contributed by atoms with Crippen molar-refractivity contribution < 1.29 is 4.79 Å². The summed E-state index contributed by atoms with van der Waals surface area (Å²) < 4.78 is 1.85. The highest BCUT2D eigenvalue weighted by Gasteiger charge is 2.18. The van der Waals surface area contributed by atoms with Gasteiger partial charge in [0, 0.05) is 49.7 Å². The van der Waals surface area contributed by atoms with Crippen LogP contribution in [0.15, 0.2) is 61.2 Å². The van der Waals surface area contributed by atoms with Gasteiger partial charge in [0.25, 0.3) is 5.91 Å². The minimum Gasteiger partial charge on any atom is -0.337 e. The first-order chi connectivity index (χ1) is 14.0. The van der Waals surface area contributed by atoms with Gasteiger partial charge in [-0.3, -0.25) is 14.5 Å². The molecule has 6 heteroatoms. The fourth-order valence-corrected chi connectivity index (χ4v) is 3.38. The summed E-state index contributed by atoms with van der Waals surface area (Å²) in [6, 6.07) is 11.7. The van der Waals surface area contributed by atoms with Gasteiger partial charge >= 0.3 is 0 Å². The molecular weight excluding hydrogens is 362 g/mol. The van der Waals surface area contributed by atoms with Crippen LogP contribution >= 0.6 is 0 Å². The van der Waals surface area contributed by atoms with Gasteiger partial charge < -0.3 is 4.90 Å². The second-order valence-electron chi connectivity index (χ2n) is 7.18. The molecule has 0 N–H and O–H groups in total. The molecule has 0 bridgehead atoms. The number of fused-ring (bicyclic) bond motifs is 1. The number of carbonyl (C=O) groups excluding carboxylic acids is 1. The number of aromatic nitrogens is 4. The Labute approximate surface area is 169 Å². The van der Waals surface area contributed by atoms with Crippen LogP contribution in [0.5, 0.6) is 0 Å². The first-order valence-corrected chi connectivity index (χ1v) is 9.63. The average Bonchev–Trinajstić information content (AvgIpc) is 3.22. The van der Waals surface area contributed by atoms with Crippen LogP contribution in [0.1, 0.15) is 28.4 Å². The van der Waals surface area contributed by atoms with Crippen molar-refractivity contribution in [2.45, 2.75) is 26.9 Å². The lowest BCUT2D eigenvalue weighted by Crippen LogP contribution is -2.26. The predicted octanol–water partition coefficient (Wildman–Crippen LogP) is 4.09. The monoisotopic (exact) mass is 385 g/mol. The summed E-state index contributed by atoms with van der Waals surface area (Å²) in [5, 5.41) is 5.21. The van der Waals surface area contributed by atoms with Crippen LogP contribution in [0.2, 0.25) is 0 Å². The summed E-state index contributed by atoms with van der Waals surface area (Å²) >= 11 is 0.